The molecule has 0 bridgehead atoms. The molecule has 0 saturated heterocycles. The second-order valence-electron chi connectivity index (χ2n) is 8.28. The normalized spacial score (nSPS) is 13.9. The number of aromatic nitrogens is 1. The number of hydrogen-bond donors (Lipinski definition) is 2. The SMILES string of the molecule is CC(=O)N1CCc2cc(S(=O)(=O)N[C@H](Cc3ccccc3)C(=O)Nc3ccc(C)cn3)ccc21. The molecule has 1 aliphatic heterocycles. The summed E-state index contributed by atoms with van der Waals surface area (Å²) >= 11 is 0. The average Bonchev–Trinajstić information content (AvgIpc) is 3.24. The number of hydrogen-bond acceptors (Lipinski definition) is 5. The lowest BCUT2D eigenvalue weighted by molar-refractivity contribution is -0.118. The zero-order chi connectivity index (χ0) is 24.3. The maximum Gasteiger partial charge on any atom is 0.244 e. The number of nitrogens with zero attached hydrogens (tertiary/aromatic N) is 2. The number of fused-ring (bicyclic) bond motifs is 1. The zero-order valence-electron chi connectivity index (χ0n) is 19.0. The molecule has 2 N–H and O–H groups in total. The van der Waals surface area contributed by atoms with Crippen LogP contribution in [0.5, 0.6) is 0 Å². The number of amides is 2. The zero-order valence-corrected chi connectivity index (χ0v) is 19.8. The smallest absolute Gasteiger partial charge is 0.244 e. The first-order chi connectivity index (χ1) is 16.2. The number of benzene rings is 2. The molecular formula is C25H26N4O4S. The van der Waals surface area contributed by atoms with Crippen molar-refractivity contribution in [2.45, 2.75) is 37.6 Å². The molecule has 1 aromatic heterocycles. The third-order valence-electron chi connectivity index (χ3n) is 5.70. The highest BCUT2D eigenvalue weighted by atomic mass is 32.2. The van der Waals surface area contributed by atoms with E-state index in [9.17, 15) is 18.0 Å². The van der Waals surface area contributed by atoms with Crippen molar-refractivity contribution in [2.75, 3.05) is 16.8 Å². The molecule has 34 heavy (non-hydrogen) atoms. The molecule has 2 heterocycles. The van der Waals surface area contributed by atoms with Crippen LogP contribution in [0.15, 0.2) is 71.8 Å². The summed E-state index contributed by atoms with van der Waals surface area (Å²) in [5.41, 5.74) is 3.26. The Kier molecular flexibility index (Phi) is 6.76. The van der Waals surface area contributed by atoms with Crippen LogP contribution in [0.1, 0.15) is 23.6 Å². The fraction of sp³-hybridized carbons (Fsp3) is 0.240. The highest BCUT2D eigenvalue weighted by Gasteiger charge is 2.29. The first-order valence-corrected chi connectivity index (χ1v) is 12.4. The van der Waals surface area contributed by atoms with Gasteiger partial charge >= 0.3 is 0 Å². The number of aryl methyl sites for hydroxylation is 1. The van der Waals surface area contributed by atoms with Gasteiger partial charge in [0.15, 0.2) is 0 Å². The summed E-state index contributed by atoms with van der Waals surface area (Å²) in [7, 11) is -4.02. The molecule has 0 saturated carbocycles. The van der Waals surface area contributed by atoms with Crippen molar-refractivity contribution in [3.63, 3.8) is 0 Å². The molecule has 2 amide bonds. The van der Waals surface area contributed by atoms with Crippen molar-refractivity contribution >= 4 is 33.3 Å². The molecule has 8 nitrogen and oxygen atoms in total. The van der Waals surface area contributed by atoms with Gasteiger partial charge in [-0.05, 0) is 60.7 Å². The van der Waals surface area contributed by atoms with Gasteiger partial charge in [0.05, 0.1) is 4.90 Å². The van der Waals surface area contributed by atoms with Crippen molar-refractivity contribution in [1.82, 2.24) is 9.71 Å². The molecule has 1 aliphatic rings. The molecule has 1 atom stereocenters. The lowest BCUT2D eigenvalue weighted by Crippen LogP contribution is -2.45. The number of anilines is 2. The summed E-state index contributed by atoms with van der Waals surface area (Å²) in [6, 6.07) is 16.3. The van der Waals surface area contributed by atoms with Gasteiger partial charge in [-0.1, -0.05) is 36.4 Å². The quantitative estimate of drug-likeness (QED) is 0.543. The van der Waals surface area contributed by atoms with Gasteiger partial charge in [0.1, 0.15) is 11.9 Å². The second-order valence-corrected chi connectivity index (χ2v) is 10.00. The Hall–Kier alpha value is -3.56. The van der Waals surface area contributed by atoms with Crippen LogP contribution >= 0.6 is 0 Å². The van der Waals surface area contributed by atoms with Crippen LogP contribution in [0.2, 0.25) is 0 Å². The maximum atomic E-state index is 13.3. The standard InChI is InChI=1S/C25H26N4O4S/c1-17-8-11-24(26-16-17)27-25(31)22(14-19-6-4-3-5-7-19)28-34(32,33)21-9-10-23-20(15-21)12-13-29(23)18(2)30/h3-11,15-16,22,28H,12-14H2,1-2H3,(H,26,27,31)/t22-/m1/s1. The summed E-state index contributed by atoms with van der Waals surface area (Å²) in [5.74, 6) is -0.251. The summed E-state index contributed by atoms with van der Waals surface area (Å²) in [5, 5.41) is 2.70. The van der Waals surface area contributed by atoms with Crippen molar-refractivity contribution < 1.29 is 18.0 Å². The highest BCUT2D eigenvalue weighted by Crippen LogP contribution is 2.30. The molecule has 0 radical (unpaired) electrons. The highest BCUT2D eigenvalue weighted by molar-refractivity contribution is 7.89. The number of nitrogens with one attached hydrogen (secondary N) is 2. The Balaban J connectivity index is 1.59. The van der Waals surface area contributed by atoms with E-state index in [-0.39, 0.29) is 17.2 Å². The van der Waals surface area contributed by atoms with Gasteiger partial charge in [0, 0.05) is 25.4 Å². The van der Waals surface area contributed by atoms with Crippen molar-refractivity contribution in [2.24, 2.45) is 0 Å². The molecule has 0 unspecified atom stereocenters. The van der Waals surface area contributed by atoms with Crippen LogP contribution in [0.3, 0.4) is 0 Å². The Bertz CT molecular complexity index is 1310. The van der Waals surface area contributed by atoms with Gasteiger partial charge < -0.3 is 10.2 Å². The molecule has 0 spiro atoms. The predicted molar refractivity (Wildman–Crippen MR) is 130 cm³/mol. The number of pyridine rings is 1. The third kappa shape index (κ3) is 5.32. The number of sulfonamides is 1. The lowest BCUT2D eigenvalue weighted by Gasteiger charge is -2.19. The predicted octanol–water partition coefficient (Wildman–Crippen LogP) is 2.83. The van der Waals surface area contributed by atoms with Crippen molar-refractivity contribution in [3.8, 4) is 0 Å². The topological polar surface area (TPSA) is 108 Å². The fourth-order valence-electron chi connectivity index (χ4n) is 3.92. The van der Waals surface area contributed by atoms with Crippen molar-refractivity contribution in [3.05, 3.63) is 83.6 Å². The van der Waals surface area contributed by atoms with Gasteiger partial charge in [-0.25, -0.2) is 13.4 Å². The molecule has 9 heteroatoms. The van der Waals surface area contributed by atoms with Gasteiger partial charge in [-0.3, -0.25) is 9.59 Å². The average molecular weight is 479 g/mol. The van der Waals surface area contributed by atoms with Crippen LogP contribution in [0.4, 0.5) is 11.5 Å². The maximum absolute atomic E-state index is 13.3. The van der Waals surface area contributed by atoms with Gasteiger partial charge in [0.2, 0.25) is 21.8 Å². The van der Waals surface area contributed by atoms with Crippen LogP contribution in [0.25, 0.3) is 0 Å². The summed E-state index contributed by atoms with van der Waals surface area (Å²) in [4.78, 5) is 30.8. The lowest BCUT2D eigenvalue weighted by atomic mass is 10.1. The molecule has 4 rings (SSSR count). The van der Waals surface area contributed by atoms with Gasteiger partial charge in [0.25, 0.3) is 0 Å². The van der Waals surface area contributed by atoms with E-state index in [4.69, 9.17) is 0 Å². The van der Waals surface area contributed by atoms with E-state index in [2.05, 4.69) is 15.0 Å². The third-order valence-corrected chi connectivity index (χ3v) is 7.17. The van der Waals surface area contributed by atoms with Crippen LogP contribution in [0, 0.1) is 6.92 Å². The monoisotopic (exact) mass is 478 g/mol. The molecular weight excluding hydrogens is 452 g/mol. The number of carbonyl (C=O) groups excluding carboxylic acids is 2. The Morgan fingerprint density at radius 1 is 1.09 bits per heavy atom. The first-order valence-electron chi connectivity index (χ1n) is 10.9. The van der Waals surface area contributed by atoms with E-state index >= 15 is 0 Å². The van der Waals surface area contributed by atoms with E-state index in [1.165, 1.54) is 13.0 Å². The summed E-state index contributed by atoms with van der Waals surface area (Å²) in [6.07, 6.45) is 2.37. The fourth-order valence-corrected chi connectivity index (χ4v) is 5.17. The van der Waals surface area contributed by atoms with Crippen LogP contribution < -0.4 is 14.9 Å². The van der Waals surface area contributed by atoms with E-state index in [0.29, 0.717) is 18.8 Å². The molecule has 176 valence electrons. The minimum atomic E-state index is -4.02. The van der Waals surface area contributed by atoms with Gasteiger partial charge in [-0.15, -0.1) is 0 Å². The molecule has 3 aromatic rings. The summed E-state index contributed by atoms with van der Waals surface area (Å²) in [6.45, 7) is 3.89. The Morgan fingerprint density at radius 3 is 2.53 bits per heavy atom. The van der Waals surface area contributed by atoms with Gasteiger partial charge in [-0.2, -0.15) is 4.72 Å². The Labute approximate surface area is 199 Å². The van der Waals surface area contributed by atoms with Crippen LogP contribution in [-0.4, -0.2) is 37.8 Å². The van der Waals surface area contributed by atoms with E-state index in [1.807, 2.05) is 43.3 Å². The molecule has 0 aliphatic carbocycles. The van der Waals surface area contributed by atoms with Crippen LogP contribution in [-0.2, 0) is 32.5 Å². The Morgan fingerprint density at radius 2 is 1.85 bits per heavy atom. The minimum absolute atomic E-state index is 0.0518. The van der Waals surface area contributed by atoms with E-state index in [1.54, 1.807) is 29.3 Å². The van der Waals surface area contributed by atoms with E-state index < -0.39 is 22.0 Å². The minimum Gasteiger partial charge on any atom is -0.312 e. The number of rotatable bonds is 7. The summed E-state index contributed by atoms with van der Waals surface area (Å²) < 4.78 is 29.1. The largest absolute Gasteiger partial charge is 0.312 e. The molecule has 2 aromatic carbocycles. The number of carbonyl (C=O) groups is 2. The first kappa shape index (κ1) is 23.6. The van der Waals surface area contributed by atoms with E-state index in [0.717, 1.165) is 22.4 Å². The molecule has 0 fully saturated rings. The van der Waals surface area contributed by atoms with Crippen molar-refractivity contribution in [1.29, 1.82) is 0 Å². The second kappa shape index (κ2) is 9.74.